The highest BCUT2D eigenvalue weighted by atomic mass is 16.2. The Labute approximate surface area is 163 Å². The summed E-state index contributed by atoms with van der Waals surface area (Å²) in [4.78, 5) is 23.9. The van der Waals surface area contributed by atoms with E-state index in [0.29, 0.717) is 16.9 Å². The van der Waals surface area contributed by atoms with Gasteiger partial charge in [-0.15, -0.1) is 0 Å². The van der Waals surface area contributed by atoms with Gasteiger partial charge in [-0.25, -0.2) is 4.52 Å². The van der Waals surface area contributed by atoms with Crippen molar-refractivity contribution in [2.45, 2.75) is 20.8 Å². The second kappa shape index (κ2) is 8.81. The van der Waals surface area contributed by atoms with Crippen LogP contribution in [0.3, 0.4) is 0 Å². The lowest BCUT2D eigenvalue weighted by molar-refractivity contribution is 0.0959. The van der Waals surface area contributed by atoms with E-state index in [-0.39, 0.29) is 11.5 Å². The monoisotopic (exact) mass is 380 g/mol. The lowest BCUT2D eigenvalue weighted by Gasteiger charge is -2.06. The molecule has 0 atom stereocenters. The molecular formula is C20H24N6O2. The summed E-state index contributed by atoms with van der Waals surface area (Å²) in [5.74, 6) is -0.923. The molecule has 0 radical (unpaired) electrons. The third-order valence-corrected chi connectivity index (χ3v) is 3.86. The van der Waals surface area contributed by atoms with E-state index in [1.54, 1.807) is 35.0 Å². The van der Waals surface area contributed by atoms with Gasteiger partial charge in [0.25, 0.3) is 5.91 Å². The molecule has 3 N–H and O–H groups in total. The van der Waals surface area contributed by atoms with Crippen LogP contribution in [0.5, 0.6) is 0 Å². The van der Waals surface area contributed by atoms with E-state index in [9.17, 15) is 9.59 Å². The molecule has 3 aromatic rings. The van der Waals surface area contributed by atoms with E-state index in [2.05, 4.69) is 22.1 Å². The quantitative estimate of drug-likeness (QED) is 0.663. The van der Waals surface area contributed by atoms with Gasteiger partial charge in [0.1, 0.15) is 5.69 Å². The minimum Gasteiger partial charge on any atom is -0.366 e. The number of rotatable bonds is 5. The number of carbonyl (C=O) groups excluding carboxylic acids is 2. The van der Waals surface area contributed by atoms with Gasteiger partial charge in [-0.1, -0.05) is 20.4 Å². The van der Waals surface area contributed by atoms with E-state index in [4.69, 9.17) is 5.73 Å². The Bertz CT molecular complexity index is 1060. The zero-order chi connectivity index (χ0) is 20.8. The molecule has 8 nitrogen and oxygen atoms in total. The Morgan fingerprint density at radius 3 is 2.57 bits per heavy atom. The maximum atomic E-state index is 12.6. The molecule has 0 saturated carbocycles. The van der Waals surface area contributed by atoms with E-state index < -0.39 is 5.91 Å². The Kier molecular flexibility index (Phi) is 6.49. The van der Waals surface area contributed by atoms with E-state index >= 15 is 0 Å². The number of aromatic nitrogens is 4. The number of hydrogen-bond donors (Lipinski definition) is 2. The van der Waals surface area contributed by atoms with Crippen LogP contribution in [0.15, 0.2) is 48.9 Å². The molecule has 3 heterocycles. The Balaban J connectivity index is 0.00000136. The van der Waals surface area contributed by atoms with Gasteiger partial charge >= 0.3 is 0 Å². The number of hydrogen-bond acceptors (Lipinski definition) is 4. The molecule has 0 aliphatic carbocycles. The van der Waals surface area contributed by atoms with Crippen LogP contribution in [0.1, 0.15) is 46.0 Å². The number of fused-ring (bicyclic) bond motifs is 1. The average molecular weight is 380 g/mol. The maximum absolute atomic E-state index is 12.6. The first-order valence-electron chi connectivity index (χ1n) is 8.82. The summed E-state index contributed by atoms with van der Waals surface area (Å²) < 4.78 is 3.14. The standard InChI is InChI=1S/C18H18N6O2.C2H6/c1-4-14(7-13-10-23(3)22-11(13)2)21-18(26)16-6-5-15-8-12(17(19)25)9-20-24(15)16;1-2/h4-10H,1H2,2-3H3,(H2,19,25)(H,21,26);1-2H3/b14-7+;. The summed E-state index contributed by atoms with van der Waals surface area (Å²) in [5, 5.41) is 11.2. The van der Waals surface area contributed by atoms with Crippen LogP contribution in [0.2, 0.25) is 0 Å². The van der Waals surface area contributed by atoms with E-state index in [1.165, 1.54) is 10.7 Å². The molecule has 0 spiro atoms. The van der Waals surface area contributed by atoms with Crippen LogP contribution in [0, 0.1) is 6.92 Å². The van der Waals surface area contributed by atoms with Crippen molar-refractivity contribution < 1.29 is 9.59 Å². The largest absolute Gasteiger partial charge is 0.366 e. The third kappa shape index (κ3) is 4.35. The maximum Gasteiger partial charge on any atom is 0.274 e. The minimum absolute atomic E-state index is 0.279. The van der Waals surface area contributed by atoms with Crippen molar-refractivity contribution in [2.24, 2.45) is 12.8 Å². The first kappa shape index (κ1) is 20.6. The first-order valence-corrected chi connectivity index (χ1v) is 8.82. The SMILES string of the molecule is C=C/C(=C\c1cn(C)nc1C)NC(=O)c1ccc2cc(C(N)=O)cnn12.CC. The van der Waals surface area contributed by atoms with Gasteiger partial charge in [0, 0.05) is 24.5 Å². The third-order valence-electron chi connectivity index (χ3n) is 3.86. The number of primary amides is 1. The van der Waals surface area contributed by atoms with Gasteiger partial charge in [-0.3, -0.25) is 14.3 Å². The second-order valence-corrected chi connectivity index (χ2v) is 5.77. The molecular weight excluding hydrogens is 356 g/mol. The number of nitrogens with zero attached hydrogens (tertiary/aromatic N) is 4. The highest BCUT2D eigenvalue weighted by molar-refractivity contribution is 5.97. The number of carbonyl (C=O) groups is 2. The van der Waals surface area contributed by atoms with Crippen LogP contribution in [0.4, 0.5) is 0 Å². The van der Waals surface area contributed by atoms with Crippen molar-refractivity contribution in [3.05, 3.63) is 71.5 Å². The molecule has 3 rings (SSSR count). The predicted octanol–water partition coefficient (Wildman–Crippen LogP) is 2.46. The van der Waals surface area contributed by atoms with Gasteiger partial charge in [0.05, 0.1) is 23.0 Å². The van der Waals surface area contributed by atoms with Crippen molar-refractivity contribution in [3.63, 3.8) is 0 Å². The van der Waals surface area contributed by atoms with Crippen molar-refractivity contribution in [1.82, 2.24) is 24.7 Å². The zero-order valence-corrected chi connectivity index (χ0v) is 16.4. The Morgan fingerprint density at radius 1 is 1.29 bits per heavy atom. The van der Waals surface area contributed by atoms with Gasteiger partial charge in [-0.2, -0.15) is 10.2 Å². The molecule has 3 aromatic heterocycles. The fraction of sp³-hybridized carbons (Fsp3) is 0.200. The molecule has 0 bridgehead atoms. The summed E-state index contributed by atoms with van der Waals surface area (Å²) in [5.41, 5.74) is 8.71. The first-order chi connectivity index (χ1) is 13.4. The molecule has 2 amide bonds. The summed E-state index contributed by atoms with van der Waals surface area (Å²) in [7, 11) is 1.83. The van der Waals surface area contributed by atoms with Gasteiger partial charge in [-0.05, 0) is 37.3 Å². The second-order valence-electron chi connectivity index (χ2n) is 5.77. The number of aryl methyl sites for hydroxylation is 2. The molecule has 0 aliphatic rings. The molecule has 0 fully saturated rings. The van der Waals surface area contributed by atoms with Crippen LogP contribution >= 0.6 is 0 Å². The van der Waals surface area contributed by atoms with Crippen molar-refractivity contribution in [3.8, 4) is 0 Å². The average Bonchev–Trinajstić information content (AvgIpc) is 3.24. The fourth-order valence-corrected chi connectivity index (χ4v) is 2.57. The molecule has 8 heteroatoms. The van der Waals surface area contributed by atoms with Crippen LogP contribution in [-0.4, -0.2) is 31.2 Å². The summed E-state index contributed by atoms with van der Waals surface area (Å²) in [6.45, 7) is 9.62. The number of nitrogens with two attached hydrogens (primary N) is 1. The molecule has 28 heavy (non-hydrogen) atoms. The molecule has 0 aromatic carbocycles. The topological polar surface area (TPSA) is 107 Å². The summed E-state index contributed by atoms with van der Waals surface area (Å²) >= 11 is 0. The number of allylic oxidation sites excluding steroid dienone is 1. The van der Waals surface area contributed by atoms with Gasteiger partial charge in [0.2, 0.25) is 5.91 Å². The Hall–Kier alpha value is -3.68. The molecule has 146 valence electrons. The van der Waals surface area contributed by atoms with Crippen molar-refractivity contribution in [2.75, 3.05) is 0 Å². The van der Waals surface area contributed by atoms with Crippen molar-refractivity contribution in [1.29, 1.82) is 0 Å². The lowest BCUT2D eigenvalue weighted by atomic mass is 10.2. The molecule has 0 aliphatic heterocycles. The van der Waals surface area contributed by atoms with Crippen LogP contribution in [-0.2, 0) is 7.05 Å². The lowest BCUT2D eigenvalue weighted by Crippen LogP contribution is -2.24. The summed E-state index contributed by atoms with van der Waals surface area (Å²) in [6.07, 6.45) is 6.53. The fourth-order valence-electron chi connectivity index (χ4n) is 2.57. The minimum atomic E-state index is -0.573. The predicted molar refractivity (Wildman–Crippen MR) is 109 cm³/mol. The van der Waals surface area contributed by atoms with E-state index in [0.717, 1.165) is 11.3 Å². The summed E-state index contributed by atoms with van der Waals surface area (Å²) in [6, 6.07) is 4.89. The van der Waals surface area contributed by atoms with Gasteiger partial charge < -0.3 is 11.1 Å². The van der Waals surface area contributed by atoms with E-state index in [1.807, 2.05) is 34.0 Å². The smallest absolute Gasteiger partial charge is 0.274 e. The highest BCUT2D eigenvalue weighted by Crippen LogP contribution is 2.13. The van der Waals surface area contributed by atoms with Crippen LogP contribution in [0.25, 0.3) is 11.6 Å². The van der Waals surface area contributed by atoms with Crippen molar-refractivity contribution >= 4 is 23.4 Å². The number of nitrogens with one attached hydrogen (secondary N) is 1. The van der Waals surface area contributed by atoms with Gasteiger partial charge in [0.15, 0.2) is 0 Å². The highest BCUT2D eigenvalue weighted by Gasteiger charge is 2.14. The number of amides is 2. The van der Waals surface area contributed by atoms with Crippen LogP contribution < -0.4 is 11.1 Å². The zero-order valence-electron chi connectivity index (χ0n) is 16.4. The molecule has 0 unspecified atom stereocenters. The Morgan fingerprint density at radius 2 is 2.00 bits per heavy atom. The molecule has 0 saturated heterocycles. The normalized spacial score (nSPS) is 10.9.